The van der Waals surface area contributed by atoms with E-state index in [9.17, 15) is 9.59 Å². The first kappa shape index (κ1) is 15.3. The number of rotatable bonds is 6. The van der Waals surface area contributed by atoms with Gasteiger partial charge in [0.1, 0.15) is 5.75 Å². The van der Waals surface area contributed by atoms with Gasteiger partial charge in [0.05, 0.1) is 25.4 Å². The summed E-state index contributed by atoms with van der Waals surface area (Å²) >= 11 is 0. The molecule has 114 valence electrons. The maximum atomic E-state index is 12.3. The first-order valence-corrected chi connectivity index (χ1v) is 6.62. The number of carboxylic acids is 1. The van der Waals surface area contributed by atoms with Crippen molar-refractivity contribution in [2.24, 2.45) is 0 Å². The number of nitrogens with zero attached hydrogens (tertiary/aromatic N) is 1. The molecule has 2 N–H and O–H groups in total. The van der Waals surface area contributed by atoms with Crippen molar-refractivity contribution in [3.05, 3.63) is 24.3 Å². The van der Waals surface area contributed by atoms with Gasteiger partial charge in [-0.1, -0.05) is 12.1 Å². The number of carbonyl (C=O) groups is 2. The molecule has 1 amide bonds. The van der Waals surface area contributed by atoms with E-state index in [0.29, 0.717) is 24.6 Å². The molecule has 0 fully saturated rings. The molecule has 7 heteroatoms. The van der Waals surface area contributed by atoms with Crippen LogP contribution in [-0.4, -0.2) is 56.4 Å². The third-order valence-corrected chi connectivity index (χ3v) is 3.11. The number of methoxy groups -OCH3 is 1. The number of amides is 1. The normalized spacial score (nSPS) is 17.0. The van der Waals surface area contributed by atoms with E-state index >= 15 is 0 Å². The quantitative estimate of drug-likeness (QED) is 0.724. The van der Waals surface area contributed by atoms with E-state index < -0.39 is 12.1 Å². The molecular formula is C14H18N2O5. The van der Waals surface area contributed by atoms with Crippen molar-refractivity contribution in [2.75, 3.05) is 38.3 Å². The number of fused-ring (bicyclic) bond motifs is 1. The van der Waals surface area contributed by atoms with Gasteiger partial charge in [-0.3, -0.25) is 4.79 Å². The Morgan fingerprint density at radius 3 is 2.95 bits per heavy atom. The second kappa shape index (κ2) is 7.05. The fourth-order valence-electron chi connectivity index (χ4n) is 2.06. The Morgan fingerprint density at radius 2 is 2.24 bits per heavy atom. The molecule has 1 aromatic rings. The highest BCUT2D eigenvalue weighted by molar-refractivity contribution is 5.97. The maximum absolute atomic E-state index is 12.3. The molecule has 1 unspecified atom stereocenters. The lowest BCUT2D eigenvalue weighted by Crippen LogP contribution is -2.49. The van der Waals surface area contributed by atoms with Crippen molar-refractivity contribution in [1.82, 2.24) is 5.32 Å². The molecule has 0 saturated heterocycles. The lowest BCUT2D eigenvalue weighted by atomic mass is 10.2. The fraction of sp³-hybridized carbons (Fsp3) is 0.429. The number of hydrogen-bond acceptors (Lipinski definition) is 5. The van der Waals surface area contributed by atoms with Crippen molar-refractivity contribution in [3.8, 4) is 5.75 Å². The van der Waals surface area contributed by atoms with Crippen LogP contribution in [0.4, 0.5) is 5.69 Å². The third-order valence-electron chi connectivity index (χ3n) is 3.11. The fourth-order valence-corrected chi connectivity index (χ4v) is 2.06. The minimum Gasteiger partial charge on any atom is -0.478 e. The van der Waals surface area contributed by atoms with E-state index in [1.807, 2.05) is 0 Å². The molecule has 0 radical (unpaired) electrons. The van der Waals surface area contributed by atoms with E-state index in [2.05, 4.69) is 5.32 Å². The number of para-hydroxylation sites is 2. The Labute approximate surface area is 122 Å². The summed E-state index contributed by atoms with van der Waals surface area (Å²) in [5.74, 6) is -0.885. The van der Waals surface area contributed by atoms with E-state index in [-0.39, 0.29) is 19.0 Å². The number of nitrogens with one attached hydrogen (secondary N) is 1. The van der Waals surface area contributed by atoms with Crippen LogP contribution in [0.2, 0.25) is 0 Å². The predicted molar refractivity (Wildman–Crippen MR) is 75.6 cm³/mol. The molecule has 1 aliphatic rings. The second-order valence-corrected chi connectivity index (χ2v) is 4.59. The summed E-state index contributed by atoms with van der Waals surface area (Å²) in [7, 11) is 1.58. The molecule has 21 heavy (non-hydrogen) atoms. The van der Waals surface area contributed by atoms with Gasteiger partial charge in [-0.25, -0.2) is 4.79 Å². The number of ether oxygens (including phenoxy) is 2. The van der Waals surface area contributed by atoms with Crippen LogP contribution in [0.1, 0.15) is 0 Å². The monoisotopic (exact) mass is 294 g/mol. The van der Waals surface area contributed by atoms with Crippen LogP contribution in [0.3, 0.4) is 0 Å². The van der Waals surface area contributed by atoms with Crippen molar-refractivity contribution < 1.29 is 24.2 Å². The number of carboxylic acid groups (broad SMARTS) is 1. The Morgan fingerprint density at radius 1 is 1.48 bits per heavy atom. The van der Waals surface area contributed by atoms with Crippen molar-refractivity contribution >= 4 is 17.6 Å². The zero-order valence-electron chi connectivity index (χ0n) is 11.7. The highest BCUT2D eigenvalue weighted by Gasteiger charge is 2.33. The number of carbonyl (C=O) groups excluding carboxylic acids is 1. The first-order valence-electron chi connectivity index (χ1n) is 6.62. The van der Waals surface area contributed by atoms with Gasteiger partial charge in [-0.05, 0) is 12.1 Å². The van der Waals surface area contributed by atoms with E-state index in [4.69, 9.17) is 14.6 Å². The Hall–Kier alpha value is -2.12. The first-order chi connectivity index (χ1) is 10.1. The van der Waals surface area contributed by atoms with Gasteiger partial charge in [-0.15, -0.1) is 0 Å². The maximum Gasteiger partial charge on any atom is 0.346 e. The largest absolute Gasteiger partial charge is 0.478 e. The smallest absolute Gasteiger partial charge is 0.346 e. The summed E-state index contributed by atoms with van der Waals surface area (Å²) in [6, 6.07) is 6.91. The van der Waals surface area contributed by atoms with Crippen LogP contribution < -0.4 is 15.0 Å². The van der Waals surface area contributed by atoms with Crippen LogP contribution in [0.5, 0.6) is 5.75 Å². The predicted octanol–water partition coefficient (Wildman–Crippen LogP) is 0.101. The molecule has 1 aromatic carbocycles. The Balaban J connectivity index is 2.09. The van der Waals surface area contributed by atoms with Gasteiger partial charge in [0, 0.05) is 13.7 Å². The average Bonchev–Trinajstić information content (AvgIpc) is 2.50. The molecule has 7 nitrogen and oxygen atoms in total. The molecule has 1 atom stereocenters. The molecule has 1 heterocycles. The van der Waals surface area contributed by atoms with Crippen molar-refractivity contribution in [3.63, 3.8) is 0 Å². The minimum atomic E-state index is -1.09. The van der Waals surface area contributed by atoms with Crippen LogP contribution in [0.15, 0.2) is 24.3 Å². The third kappa shape index (κ3) is 3.71. The van der Waals surface area contributed by atoms with Gasteiger partial charge in [0.2, 0.25) is 12.0 Å². The zero-order valence-corrected chi connectivity index (χ0v) is 11.7. The van der Waals surface area contributed by atoms with E-state index in [0.717, 1.165) is 0 Å². The highest BCUT2D eigenvalue weighted by atomic mass is 16.5. The lowest BCUT2D eigenvalue weighted by Gasteiger charge is -2.33. The SMILES string of the molecule is COCCNCC(=O)N1CC(C(=O)O)Oc2ccccc21. The average molecular weight is 294 g/mol. The van der Waals surface area contributed by atoms with Crippen molar-refractivity contribution in [2.45, 2.75) is 6.10 Å². The molecule has 0 bridgehead atoms. The van der Waals surface area contributed by atoms with Gasteiger partial charge < -0.3 is 24.8 Å². The molecule has 0 spiro atoms. The van der Waals surface area contributed by atoms with E-state index in [1.54, 1.807) is 31.4 Å². The second-order valence-electron chi connectivity index (χ2n) is 4.59. The van der Waals surface area contributed by atoms with Gasteiger partial charge in [0.15, 0.2) is 0 Å². The van der Waals surface area contributed by atoms with Gasteiger partial charge >= 0.3 is 5.97 Å². The van der Waals surface area contributed by atoms with Crippen LogP contribution in [-0.2, 0) is 14.3 Å². The molecule has 2 rings (SSSR count). The highest BCUT2D eigenvalue weighted by Crippen LogP contribution is 2.33. The summed E-state index contributed by atoms with van der Waals surface area (Å²) in [5, 5.41) is 12.1. The molecule has 0 saturated carbocycles. The number of aliphatic carboxylic acids is 1. The summed E-state index contributed by atoms with van der Waals surface area (Å²) in [5.41, 5.74) is 0.591. The Bertz CT molecular complexity index is 520. The molecular weight excluding hydrogens is 276 g/mol. The minimum absolute atomic E-state index is 0.00284. The molecule has 0 aliphatic carbocycles. The summed E-state index contributed by atoms with van der Waals surface area (Å²) in [6.45, 7) is 1.17. The topological polar surface area (TPSA) is 88.1 Å². The van der Waals surface area contributed by atoms with Crippen LogP contribution in [0.25, 0.3) is 0 Å². The summed E-state index contributed by atoms with van der Waals surface area (Å²) in [6.07, 6.45) is -1.05. The van der Waals surface area contributed by atoms with Crippen molar-refractivity contribution in [1.29, 1.82) is 0 Å². The lowest BCUT2D eigenvalue weighted by molar-refractivity contribution is -0.145. The number of hydrogen-bond donors (Lipinski definition) is 2. The summed E-state index contributed by atoms with van der Waals surface area (Å²) in [4.78, 5) is 24.8. The number of anilines is 1. The Kier molecular flexibility index (Phi) is 5.13. The number of benzene rings is 1. The van der Waals surface area contributed by atoms with Gasteiger partial charge in [0.25, 0.3) is 0 Å². The van der Waals surface area contributed by atoms with E-state index in [1.165, 1.54) is 4.90 Å². The van der Waals surface area contributed by atoms with Crippen LogP contribution >= 0.6 is 0 Å². The van der Waals surface area contributed by atoms with Gasteiger partial charge in [-0.2, -0.15) is 0 Å². The molecule has 1 aliphatic heterocycles. The standard InChI is InChI=1S/C14H18N2O5/c1-20-7-6-15-8-13(17)16-9-12(14(18)19)21-11-5-3-2-4-10(11)16/h2-5,12,15H,6-9H2,1H3,(H,18,19). The summed E-state index contributed by atoms with van der Waals surface area (Å²) < 4.78 is 10.3. The zero-order chi connectivity index (χ0) is 15.2. The molecule has 0 aromatic heterocycles. The van der Waals surface area contributed by atoms with Crippen LogP contribution in [0, 0.1) is 0 Å².